The number of piperidine rings is 1. The maximum absolute atomic E-state index is 13.5. The molecule has 0 atom stereocenters. The first-order valence-electron chi connectivity index (χ1n) is 8.75. The highest BCUT2D eigenvalue weighted by atomic mass is 32.2. The van der Waals surface area contributed by atoms with Crippen molar-refractivity contribution in [3.05, 3.63) is 30.1 Å². The van der Waals surface area contributed by atoms with E-state index in [0.717, 1.165) is 12.8 Å². The highest BCUT2D eigenvalue weighted by Crippen LogP contribution is 2.31. The van der Waals surface area contributed by atoms with Gasteiger partial charge in [0.05, 0.1) is 0 Å². The maximum Gasteiger partial charge on any atom is 0.281 e. The van der Waals surface area contributed by atoms with Gasteiger partial charge in [0, 0.05) is 38.9 Å². The van der Waals surface area contributed by atoms with Crippen LogP contribution in [0.15, 0.2) is 24.3 Å². The number of benzene rings is 1. The minimum Gasteiger partial charge on any atom is -0.371 e. The molecule has 0 unspecified atom stereocenters. The molecule has 3 rings (SSSR count). The largest absolute Gasteiger partial charge is 0.371 e. The van der Waals surface area contributed by atoms with Crippen molar-refractivity contribution >= 4 is 21.8 Å². The Hall–Kier alpha value is -1.71. The van der Waals surface area contributed by atoms with Crippen LogP contribution in [0.3, 0.4) is 0 Å². The topological polar surface area (TPSA) is 81.8 Å². The van der Waals surface area contributed by atoms with Gasteiger partial charge in [-0.05, 0) is 43.9 Å². The second-order valence-electron chi connectivity index (χ2n) is 7.15. The van der Waals surface area contributed by atoms with Gasteiger partial charge in [-0.15, -0.1) is 0 Å². The van der Waals surface area contributed by atoms with Crippen LogP contribution in [0.5, 0.6) is 0 Å². The highest BCUT2D eigenvalue weighted by Gasteiger charge is 2.45. The van der Waals surface area contributed by atoms with E-state index in [9.17, 15) is 17.6 Å². The van der Waals surface area contributed by atoms with Crippen molar-refractivity contribution in [2.75, 3.05) is 32.5 Å². The van der Waals surface area contributed by atoms with Gasteiger partial charge < -0.3 is 10.6 Å². The summed E-state index contributed by atoms with van der Waals surface area (Å²) in [7, 11) is -0.543. The SMILES string of the molecule is CN(C)S(=O)(=O)N1CCC(Nc2cccc(F)c2)(C(=O)NC2CC2)CC1. The zero-order valence-electron chi connectivity index (χ0n) is 15.0. The molecule has 1 saturated heterocycles. The molecule has 0 bridgehead atoms. The van der Waals surface area contributed by atoms with Crippen molar-refractivity contribution in [2.45, 2.75) is 37.3 Å². The van der Waals surface area contributed by atoms with Crippen LogP contribution in [0.1, 0.15) is 25.7 Å². The van der Waals surface area contributed by atoms with Gasteiger partial charge in [0.2, 0.25) is 5.91 Å². The number of carbonyl (C=O) groups excluding carboxylic acids is 1. The van der Waals surface area contributed by atoms with Crippen LogP contribution >= 0.6 is 0 Å². The first-order chi connectivity index (χ1) is 12.2. The third-order valence-corrected chi connectivity index (χ3v) is 6.86. The third-order valence-electron chi connectivity index (χ3n) is 4.92. The molecule has 1 aliphatic carbocycles. The summed E-state index contributed by atoms with van der Waals surface area (Å²) in [5.74, 6) is -0.536. The van der Waals surface area contributed by atoms with Crippen LogP contribution < -0.4 is 10.6 Å². The molecule has 9 heteroatoms. The number of halogens is 1. The second kappa shape index (κ2) is 7.13. The zero-order chi connectivity index (χ0) is 18.9. The summed E-state index contributed by atoms with van der Waals surface area (Å²) >= 11 is 0. The van der Waals surface area contributed by atoms with Gasteiger partial charge in [-0.1, -0.05) is 6.07 Å². The number of hydrogen-bond donors (Lipinski definition) is 2. The molecule has 1 aromatic carbocycles. The molecule has 1 saturated carbocycles. The van der Waals surface area contributed by atoms with Gasteiger partial charge >= 0.3 is 0 Å². The van der Waals surface area contributed by atoms with Gasteiger partial charge in [-0.25, -0.2) is 4.39 Å². The standard InChI is InChI=1S/C17H25FN4O3S/c1-21(2)26(24,25)22-10-8-17(9-11-22,16(23)19-14-6-7-14)20-15-5-3-4-13(18)12-15/h3-5,12,14,20H,6-11H2,1-2H3,(H,19,23). The molecule has 2 fully saturated rings. The van der Waals surface area contributed by atoms with Crippen molar-refractivity contribution < 1.29 is 17.6 Å². The van der Waals surface area contributed by atoms with Crippen molar-refractivity contribution in [1.82, 2.24) is 13.9 Å². The molecule has 0 spiro atoms. The van der Waals surface area contributed by atoms with Crippen molar-refractivity contribution in [2.24, 2.45) is 0 Å². The van der Waals surface area contributed by atoms with Gasteiger partial charge in [0.25, 0.3) is 10.2 Å². The predicted molar refractivity (Wildman–Crippen MR) is 97.3 cm³/mol. The first kappa shape index (κ1) is 19.1. The predicted octanol–water partition coefficient (Wildman–Crippen LogP) is 1.16. The Morgan fingerprint density at radius 3 is 2.46 bits per heavy atom. The average Bonchev–Trinajstić information content (AvgIpc) is 3.39. The molecule has 7 nitrogen and oxygen atoms in total. The molecule has 0 radical (unpaired) electrons. The summed E-state index contributed by atoms with van der Waals surface area (Å²) < 4.78 is 40.8. The highest BCUT2D eigenvalue weighted by molar-refractivity contribution is 7.86. The summed E-state index contributed by atoms with van der Waals surface area (Å²) in [5, 5.41) is 6.18. The Morgan fingerprint density at radius 2 is 1.92 bits per heavy atom. The summed E-state index contributed by atoms with van der Waals surface area (Å²) in [6.45, 7) is 0.446. The Balaban J connectivity index is 1.80. The molecular weight excluding hydrogens is 359 g/mol. The molecule has 1 aliphatic heterocycles. The Morgan fingerprint density at radius 1 is 1.27 bits per heavy atom. The van der Waals surface area contributed by atoms with E-state index < -0.39 is 15.7 Å². The molecular formula is C17H25FN4O3S. The van der Waals surface area contributed by atoms with Gasteiger partial charge in [-0.3, -0.25) is 4.79 Å². The van der Waals surface area contributed by atoms with Crippen molar-refractivity contribution in [1.29, 1.82) is 0 Å². The summed E-state index contributed by atoms with van der Waals surface area (Å²) in [6.07, 6.45) is 2.55. The molecule has 2 N–H and O–H groups in total. The Labute approximate surface area is 153 Å². The van der Waals surface area contributed by atoms with Crippen LogP contribution in [0, 0.1) is 5.82 Å². The summed E-state index contributed by atoms with van der Waals surface area (Å²) in [4.78, 5) is 12.9. The van der Waals surface area contributed by atoms with E-state index in [1.165, 1.54) is 34.8 Å². The van der Waals surface area contributed by atoms with E-state index in [1.54, 1.807) is 12.1 Å². The molecule has 26 heavy (non-hydrogen) atoms. The number of carbonyl (C=O) groups is 1. The minimum absolute atomic E-state index is 0.147. The van der Waals surface area contributed by atoms with Crippen LogP contribution in [0.2, 0.25) is 0 Å². The number of rotatable bonds is 6. The summed E-state index contributed by atoms with van der Waals surface area (Å²) in [5.41, 5.74) is -0.436. The van der Waals surface area contributed by atoms with E-state index in [2.05, 4.69) is 10.6 Å². The fourth-order valence-electron chi connectivity index (χ4n) is 3.13. The van der Waals surface area contributed by atoms with E-state index in [4.69, 9.17) is 0 Å². The van der Waals surface area contributed by atoms with Crippen LogP contribution in [-0.4, -0.2) is 61.7 Å². The van der Waals surface area contributed by atoms with Gasteiger partial charge in [0.15, 0.2) is 0 Å². The number of nitrogens with zero attached hydrogens (tertiary/aromatic N) is 2. The van der Waals surface area contributed by atoms with Gasteiger partial charge in [-0.2, -0.15) is 17.0 Å². The van der Waals surface area contributed by atoms with Crippen LogP contribution in [0.25, 0.3) is 0 Å². The molecule has 0 aromatic heterocycles. The molecule has 2 aliphatic rings. The lowest BCUT2D eigenvalue weighted by molar-refractivity contribution is -0.126. The zero-order valence-corrected chi connectivity index (χ0v) is 15.9. The van der Waals surface area contributed by atoms with Crippen LogP contribution in [-0.2, 0) is 15.0 Å². The lowest BCUT2D eigenvalue weighted by Crippen LogP contribution is -2.60. The van der Waals surface area contributed by atoms with E-state index in [1.807, 2.05) is 0 Å². The molecule has 1 amide bonds. The van der Waals surface area contributed by atoms with E-state index in [0.29, 0.717) is 18.5 Å². The average molecular weight is 384 g/mol. The molecule has 144 valence electrons. The van der Waals surface area contributed by atoms with E-state index in [-0.39, 0.29) is 30.9 Å². The summed E-state index contributed by atoms with van der Waals surface area (Å²) in [6, 6.07) is 6.16. The van der Waals surface area contributed by atoms with Crippen molar-refractivity contribution in [3.8, 4) is 0 Å². The number of nitrogens with one attached hydrogen (secondary N) is 2. The van der Waals surface area contributed by atoms with Crippen LogP contribution in [0.4, 0.5) is 10.1 Å². The lowest BCUT2D eigenvalue weighted by Gasteiger charge is -2.41. The van der Waals surface area contributed by atoms with Crippen molar-refractivity contribution in [3.63, 3.8) is 0 Å². The fourth-order valence-corrected chi connectivity index (χ4v) is 4.24. The Kier molecular flexibility index (Phi) is 5.23. The maximum atomic E-state index is 13.5. The second-order valence-corrected chi connectivity index (χ2v) is 9.30. The smallest absolute Gasteiger partial charge is 0.281 e. The number of anilines is 1. The lowest BCUT2D eigenvalue weighted by atomic mass is 9.86. The molecule has 1 heterocycles. The normalized spacial score (nSPS) is 20.8. The third kappa shape index (κ3) is 3.99. The van der Waals surface area contributed by atoms with E-state index >= 15 is 0 Å². The monoisotopic (exact) mass is 384 g/mol. The number of hydrogen-bond acceptors (Lipinski definition) is 4. The van der Waals surface area contributed by atoms with Gasteiger partial charge in [0.1, 0.15) is 11.4 Å². The Bertz CT molecular complexity index is 772. The number of amides is 1. The minimum atomic E-state index is -3.52. The first-order valence-corrected chi connectivity index (χ1v) is 10.1. The molecule has 1 aromatic rings. The fraction of sp³-hybridized carbons (Fsp3) is 0.588. The quantitative estimate of drug-likeness (QED) is 0.771.